The molecule has 0 spiro atoms. The van der Waals surface area contributed by atoms with Crippen molar-refractivity contribution in [2.45, 2.75) is 51.6 Å². The van der Waals surface area contributed by atoms with Gasteiger partial charge < -0.3 is 9.53 Å². The van der Waals surface area contributed by atoms with Gasteiger partial charge in [-0.1, -0.05) is 42.5 Å². The Morgan fingerprint density at radius 1 is 1.07 bits per heavy atom. The molecule has 0 bridgehead atoms. The highest BCUT2D eigenvalue weighted by molar-refractivity contribution is 6.22. The Kier molecular flexibility index (Phi) is 5.30. The third kappa shape index (κ3) is 3.67. The van der Waals surface area contributed by atoms with Crippen LogP contribution in [0.2, 0.25) is 0 Å². The summed E-state index contributed by atoms with van der Waals surface area (Å²) in [5.41, 5.74) is -1.36. The van der Waals surface area contributed by atoms with Crippen LogP contribution < -0.4 is 4.90 Å². The fourth-order valence-corrected chi connectivity index (χ4v) is 3.73. The van der Waals surface area contributed by atoms with Gasteiger partial charge >= 0.3 is 6.09 Å². The van der Waals surface area contributed by atoms with Gasteiger partial charge in [0.15, 0.2) is 0 Å². The first-order valence-corrected chi connectivity index (χ1v) is 9.49. The summed E-state index contributed by atoms with van der Waals surface area (Å²) < 4.78 is 20.3. The molecule has 1 heterocycles. The number of ether oxygens (including phenoxy) is 1. The normalized spacial score (nSPS) is 18.5. The zero-order valence-electron chi connectivity index (χ0n) is 17.0. The van der Waals surface area contributed by atoms with Crippen molar-refractivity contribution >= 4 is 23.5 Å². The molecule has 0 N–H and O–H groups in total. The van der Waals surface area contributed by atoms with Gasteiger partial charge in [0.05, 0.1) is 5.69 Å². The number of anilines is 1. The highest BCUT2D eigenvalue weighted by atomic mass is 19.1. The predicted molar refractivity (Wildman–Crippen MR) is 107 cm³/mol. The number of rotatable bonds is 4. The molecule has 5 nitrogen and oxygen atoms in total. The standard InChI is InChI=1S/C23H24FNO4/c1-15(26)13-14-23(16-9-6-5-7-10-16)17-11-8-12-18(24)19(17)25(20(23)27)21(28)29-22(2,3)4/h5-12H,13-14H2,1-4H3/t23-/m1/s1. The molecular formula is C23H24FNO4. The van der Waals surface area contributed by atoms with Crippen molar-refractivity contribution in [3.63, 3.8) is 0 Å². The van der Waals surface area contributed by atoms with Gasteiger partial charge in [-0.25, -0.2) is 14.1 Å². The van der Waals surface area contributed by atoms with Gasteiger partial charge in [-0.2, -0.15) is 0 Å². The van der Waals surface area contributed by atoms with E-state index in [0.29, 0.717) is 11.1 Å². The second kappa shape index (κ2) is 7.43. The maximum Gasteiger partial charge on any atom is 0.421 e. The van der Waals surface area contributed by atoms with E-state index in [-0.39, 0.29) is 24.3 Å². The monoisotopic (exact) mass is 397 g/mol. The first-order valence-electron chi connectivity index (χ1n) is 9.49. The Balaban J connectivity index is 2.25. The quantitative estimate of drug-likeness (QED) is 0.746. The van der Waals surface area contributed by atoms with Gasteiger partial charge in [0.25, 0.3) is 5.91 Å². The number of nitrogens with zero attached hydrogens (tertiary/aromatic N) is 1. The molecule has 152 valence electrons. The minimum Gasteiger partial charge on any atom is -0.443 e. The summed E-state index contributed by atoms with van der Waals surface area (Å²) in [5, 5.41) is 0. The molecule has 29 heavy (non-hydrogen) atoms. The van der Waals surface area contributed by atoms with E-state index in [0.717, 1.165) is 4.90 Å². The van der Waals surface area contributed by atoms with E-state index in [1.165, 1.54) is 19.1 Å². The molecule has 1 atom stereocenters. The molecule has 0 saturated heterocycles. The maximum atomic E-state index is 14.9. The first-order chi connectivity index (χ1) is 13.6. The molecule has 3 rings (SSSR count). The number of amides is 2. The number of benzene rings is 2. The van der Waals surface area contributed by atoms with Gasteiger partial charge in [0.2, 0.25) is 0 Å². The van der Waals surface area contributed by atoms with Crippen LogP contribution in [-0.2, 0) is 19.7 Å². The maximum absolute atomic E-state index is 14.9. The number of fused-ring (bicyclic) bond motifs is 1. The number of imide groups is 1. The van der Waals surface area contributed by atoms with Crippen LogP contribution in [0.3, 0.4) is 0 Å². The van der Waals surface area contributed by atoms with Gasteiger partial charge in [0.1, 0.15) is 22.6 Å². The molecule has 0 unspecified atom stereocenters. The molecule has 0 radical (unpaired) electrons. The van der Waals surface area contributed by atoms with Crippen LogP contribution in [0.5, 0.6) is 0 Å². The topological polar surface area (TPSA) is 63.7 Å². The summed E-state index contributed by atoms with van der Waals surface area (Å²) in [6, 6.07) is 13.2. The highest BCUT2D eigenvalue weighted by Crippen LogP contribution is 2.50. The fraction of sp³-hybridized carbons (Fsp3) is 0.348. The van der Waals surface area contributed by atoms with Crippen molar-refractivity contribution in [2.75, 3.05) is 4.90 Å². The van der Waals surface area contributed by atoms with Crippen LogP contribution >= 0.6 is 0 Å². The first kappa shape index (κ1) is 20.7. The van der Waals surface area contributed by atoms with Crippen LogP contribution in [0.25, 0.3) is 0 Å². The van der Waals surface area contributed by atoms with Crippen LogP contribution in [0, 0.1) is 5.82 Å². The smallest absolute Gasteiger partial charge is 0.421 e. The van der Waals surface area contributed by atoms with Crippen molar-refractivity contribution in [1.82, 2.24) is 0 Å². The molecule has 1 aliphatic rings. The van der Waals surface area contributed by atoms with Gasteiger partial charge in [-0.3, -0.25) is 4.79 Å². The molecule has 0 saturated carbocycles. The number of hydrogen-bond acceptors (Lipinski definition) is 4. The van der Waals surface area contributed by atoms with E-state index < -0.39 is 28.8 Å². The van der Waals surface area contributed by atoms with Crippen molar-refractivity contribution in [1.29, 1.82) is 0 Å². The average molecular weight is 397 g/mol. The second-order valence-electron chi connectivity index (χ2n) is 8.23. The third-order valence-corrected chi connectivity index (χ3v) is 4.93. The number of Topliss-reactive ketones (excluding diaryl/α,β-unsaturated/α-hetero) is 1. The molecule has 0 aliphatic carbocycles. The third-order valence-electron chi connectivity index (χ3n) is 4.93. The number of ketones is 1. The second-order valence-corrected chi connectivity index (χ2v) is 8.23. The lowest BCUT2D eigenvalue weighted by molar-refractivity contribution is -0.122. The predicted octanol–water partition coefficient (Wildman–Crippen LogP) is 4.76. The number of carbonyl (C=O) groups excluding carboxylic acids is 3. The number of halogens is 1. The van der Waals surface area contributed by atoms with E-state index in [9.17, 15) is 18.8 Å². The lowest BCUT2D eigenvalue weighted by atomic mass is 9.72. The fourth-order valence-electron chi connectivity index (χ4n) is 3.73. The summed E-state index contributed by atoms with van der Waals surface area (Å²) in [7, 11) is 0. The van der Waals surface area contributed by atoms with E-state index >= 15 is 0 Å². The van der Waals surface area contributed by atoms with Crippen LogP contribution in [0.4, 0.5) is 14.9 Å². The van der Waals surface area contributed by atoms with E-state index in [1.54, 1.807) is 57.2 Å². The van der Waals surface area contributed by atoms with Crippen molar-refractivity contribution in [3.8, 4) is 0 Å². The number of carbonyl (C=O) groups is 3. The molecule has 0 fully saturated rings. The minimum absolute atomic E-state index is 0.0956. The van der Waals surface area contributed by atoms with Gasteiger partial charge in [-0.15, -0.1) is 0 Å². The van der Waals surface area contributed by atoms with Gasteiger partial charge in [0, 0.05) is 6.42 Å². The Hall–Kier alpha value is -3.02. The summed E-state index contributed by atoms with van der Waals surface area (Å²) in [5.74, 6) is -1.40. The van der Waals surface area contributed by atoms with E-state index in [1.807, 2.05) is 0 Å². The number of para-hydroxylation sites is 1. The number of hydrogen-bond donors (Lipinski definition) is 0. The lowest BCUT2D eigenvalue weighted by Gasteiger charge is -2.29. The van der Waals surface area contributed by atoms with E-state index in [2.05, 4.69) is 0 Å². The Labute approximate surface area is 169 Å². The van der Waals surface area contributed by atoms with Crippen molar-refractivity contribution in [2.24, 2.45) is 0 Å². The largest absolute Gasteiger partial charge is 0.443 e. The van der Waals surface area contributed by atoms with Gasteiger partial charge in [-0.05, 0) is 51.3 Å². The summed E-state index contributed by atoms with van der Waals surface area (Å²) >= 11 is 0. The molecule has 2 aromatic rings. The van der Waals surface area contributed by atoms with E-state index in [4.69, 9.17) is 4.74 Å². The van der Waals surface area contributed by atoms with Crippen LogP contribution in [0.15, 0.2) is 48.5 Å². The molecular weight excluding hydrogens is 373 g/mol. The molecule has 1 aliphatic heterocycles. The van der Waals surface area contributed by atoms with Crippen molar-refractivity contribution in [3.05, 3.63) is 65.5 Å². The lowest BCUT2D eigenvalue weighted by Crippen LogP contribution is -2.46. The summed E-state index contributed by atoms with van der Waals surface area (Å²) in [4.78, 5) is 39.2. The molecule has 2 aromatic carbocycles. The average Bonchev–Trinajstić information content (AvgIpc) is 2.89. The Morgan fingerprint density at radius 3 is 2.31 bits per heavy atom. The zero-order chi connectivity index (χ0) is 21.4. The summed E-state index contributed by atoms with van der Waals surface area (Å²) in [6.07, 6.45) is -0.700. The molecule has 2 amide bonds. The Bertz CT molecular complexity index is 965. The molecule has 0 aromatic heterocycles. The summed E-state index contributed by atoms with van der Waals surface area (Å²) in [6.45, 7) is 6.46. The highest BCUT2D eigenvalue weighted by Gasteiger charge is 2.55. The van der Waals surface area contributed by atoms with Crippen LogP contribution in [0.1, 0.15) is 51.7 Å². The van der Waals surface area contributed by atoms with Crippen LogP contribution in [-0.4, -0.2) is 23.4 Å². The van der Waals surface area contributed by atoms with Crippen molar-refractivity contribution < 1.29 is 23.5 Å². The zero-order valence-corrected chi connectivity index (χ0v) is 17.0. The minimum atomic E-state index is -1.35. The SMILES string of the molecule is CC(=O)CC[C@]1(c2ccccc2)C(=O)N(C(=O)OC(C)(C)C)c2c(F)cccc21. The Morgan fingerprint density at radius 2 is 1.72 bits per heavy atom. The molecule has 6 heteroatoms.